The normalized spacial score (nSPS) is 15.0. The Labute approximate surface area is 135 Å². The summed E-state index contributed by atoms with van der Waals surface area (Å²) in [5, 5.41) is 3.63. The number of amides is 1. The van der Waals surface area contributed by atoms with Crippen LogP contribution in [0, 0.1) is 12.7 Å². The first-order valence-electron chi connectivity index (χ1n) is 7.21. The van der Waals surface area contributed by atoms with Crippen LogP contribution in [0.5, 0.6) is 0 Å². The minimum atomic E-state index is -2.91. The molecular formula is C15H14F3N3O3. The molecule has 0 spiro atoms. The average molecular weight is 341 g/mol. The SMILES string of the molecule is Cc1noc(COC2CN(C(=O)c3ccc(C(F)F)c(F)c3)C2)n1. The lowest BCUT2D eigenvalue weighted by Crippen LogP contribution is -2.54. The summed E-state index contributed by atoms with van der Waals surface area (Å²) < 4.78 is 49.0. The summed E-state index contributed by atoms with van der Waals surface area (Å²) in [6.07, 6.45) is -3.10. The van der Waals surface area contributed by atoms with Crippen LogP contribution in [0.1, 0.15) is 34.1 Å². The maximum atomic E-state index is 13.5. The Hall–Kier alpha value is -2.42. The van der Waals surface area contributed by atoms with Gasteiger partial charge in [-0.2, -0.15) is 4.98 Å². The molecule has 0 aliphatic carbocycles. The van der Waals surface area contributed by atoms with Crippen LogP contribution < -0.4 is 0 Å². The van der Waals surface area contributed by atoms with Crippen molar-refractivity contribution in [1.29, 1.82) is 0 Å². The van der Waals surface area contributed by atoms with Gasteiger partial charge in [-0.25, -0.2) is 13.2 Å². The number of aryl methyl sites for hydroxylation is 1. The molecule has 24 heavy (non-hydrogen) atoms. The number of ether oxygens (including phenoxy) is 1. The van der Waals surface area contributed by atoms with Crippen LogP contribution in [0.4, 0.5) is 13.2 Å². The third kappa shape index (κ3) is 3.40. The summed E-state index contributed by atoms with van der Waals surface area (Å²) >= 11 is 0. The van der Waals surface area contributed by atoms with Gasteiger partial charge in [-0.05, 0) is 25.1 Å². The zero-order valence-electron chi connectivity index (χ0n) is 12.7. The highest BCUT2D eigenvalue weighted by atomic mass is 19.3. The lowest BCUT2D eigenvalue weighted by atomic mass is 10.1. The second-order valence-corrected chi connectivity index (χ2v) is 5.42. The van der Waals surface area contributed by atoms with Crippen molar-refractivity contribution in [3.63, 3.8) is 0 Å². The molecule has 3 rings (SSSR count). The van der Waals surface area contributed by atoms with Crippen molar-refractivity contribution < 1.29 is 27.2 Å². The quantitative estimate of drug-likeness (QED) is 0.836. The summed E-state index contributed by atoms with van der Waals surface area (Å²) in [6, 6.07) is 2.96. The first-order chi connectivity index (χ1) is 11.4. The number of carbonyl (C=O) groups excluding carboxylic acids is 1. The van der Waals surface area contributed by atoms with Crippen molar-refractivity contribution in [2.24, 2.45) is 0 Å². The van der Waals surface area contributed by atoms with Crippen LogP contribution in [0.15, 0.2) is 22.7 Å². The minimum Gasteiger partial charge on any atom is -0.365 e. The molecule has 1 amide bonds. The summed E-state index contributed by atoms with van der Waals surface area (Å²) in [6.45, 7) is 2.48. The molecule has 2 heterocycles. The topological polar surface area (TPSA) is 68.5 Å². The van der Waals surface area contributed by atoms with E-state index in [2.05, 4.69) is 10.1 Å². The number of hydrogen-bond donors (Lipinski definition) is 0. The van der Waals surface area contributed by atoms with E-state index in [1.807, 2.05) is 0 Å². The predicted molar refractivity (Wildman–Crippen MR) is 74.9 cm³/mol. The minimum absolute atomic E-state index is 0.0304. The Bertz CT molecular complexity index is 745. The van der Waals surface area contributed by atoms with Gasteiger partial charge < -0.3 is 14.2 Å². The van der Waals surface area contributed by atoms with Crippen LogP contribution in [-0.2, 0) is 11.3 Å². The van der Waals surface area contributed by atoms with Crippen molar-refractivity contribution >= 4 is 5.91 Å². The first-order valence-corrected chi connectivity index (χ1v) is 7.21. The van der Waals surface area contributed by atoms with Gasteiger partial charge in [0.05, 0.1) is 11.7 Å². The van der Waals surface area contributed by atoms with E-state index in [-0.39, 0.29) is 18.3 Å². The largest absolute Gasteiger partial charge is 0.365 e. The summed E-state index contributed by atoms with van der Waals surface area (Å²) in [4.78, 5) is 17.6. The second-order valence-electron chi connectivity index (χ2n) is 5.42. The number of rotatable bonds is 5. The van der Waals surface area contributed by atoms with Crippen LogP contribution in [-0.4, -0.2) is 40.1 Å². The zero-order valence-corrected chi connectivity index (χ0v) is 12.7. The Kier molecular flexibility index (Phi) is 4.52. The first kappa shape index (κ1) is 16.4. The predicted octanol–water partition coefficient (Wildman–Crippen LogP) is 2.50. The fourth-order valence-electron chi connectivity index (χ4n) is 2.32. The van der Waals surface area contributed by atoms with E-state index in [9.17, 15) is 18.0 Å². The molecule has 0 radical (unpaired) electrons. The van der Waals surface area contributed by atoms with Gasteiger partial charge in [0.15, 0.2) is 5.82 Å². The molecule has 1 saturated heterocycles. The Morgan fingerprint density at radius 2 is 2.21 bits per heavy atom. The van der Waals surface area contributed by atoms with Crippen LogP contribution in [0.2, 0.25) is 0 Å². The molecule has 128 valence electrons. The molecular weight excluding hydrogens is 327 g/mol. The smallest absolute Gasteiger partial charge is 0.266 e. The summed E-state index contributed by atoms with van der Waals surface area (Å²) in [5.74, 6) is -0.658. The van der Waals surface area contributed by atoms with Crippen molar-refractivity contribution in [2.45, 2.75) is 26.1 Å². The van der Waals surface area contributed by atoms with Crippen LogP contribution in [0.25, 0.3) is 0 Å². The van der Waals surface area contributed by atoms with Gasteiger partial charge >= 0.3 is 0 Å². The highest BCUT2D eigenvalue weighted by Crippen LogP contribution is 2.24. The van der Waals surface area contributed by atoms with E-state index in [0.29, 0.717) is 24.8 Å². The molecule has 0 saturated carbocycles. The molecule has 1 fully saturated rings. The van der Waals surface area contributed by atoms with E-state index in [1.165, 1.54) is 11.0 Å². The standard InChI is InChI=1S/C15H14F3N3O3/c1-8-19-13(24-20-8)7-23-10-5-21(6-10)15(22)9-2-3-11(14(17)18)12(16)4-9/h2-4,10,14H,5-7H2,1H3. The number of benzene rings is 1. The van der Waals surface area contributed by atoms with E-state index in [1.54, 1.807) is 6.92 Å². The second kappa shape index (κ2) is 6.60. The molecule has 1 aromatic carbocycles. The van der Waals surface area contributed by atoms with Gasteiger partial charge in [0.2, 0.25) is 0 Å². The molecule has 1 aliphatic heterocycles. The van der Waals surface area contributed by atoms with E-state index >= 15 is 0 Å². The number of alkyl halides is 2. The molecule has 1 aromatic heterocycles. The zero-order chi connectivity index (χ0) is 17.3. The Balaban J connectivity index is 1.52. The summed E-state index contributed by atoms with van der Waals surface area (Å²) in [7, 11) is 0. The van der Waals surface area contributed by atoms with Gasteiger partial charge in [-0.3, -0.25) is 4.79 Å². The van der Waals surface area contributed by atoms with Crippen molar-refractivity contribution in [1.82, 2.24) is 15.0 Å². The number of hydrogen-bond acceptors (Lipinski definition) is 5. The van der Waals surface area contributed by atoms with Gasteiger partial charge in [0.1, 0.15) is 12.4 Å². The number of carbonyl (C=O) groups is 1. The Morgan fingerprint density at radius 1 is 1.46 bits per heavy atom. The number of likely N-dealkylation sites (tertiary alicyclic amines) is 1. The third-order valence-electron chi connectivity index (χ3n) is 3.63. The van der Waals surface area contributed by atoms with Gasteiger partial charge in [-0.1, -0.05) is 5.16 Å². The number of nitrogens with zero attached hydrogens (tertiary/aromatic N) is 3. The Morgan fingerprint density at radius 3 is 2.79 bits per heavy atom. The van der Waals surface area contributed by atoms with Crippen molar-refractivity contribution in [3.8, 4) is 0 Å². The molecule has 0 atom stereocenters. The number of aromatic nitrogens is 2. The lowest BCUT2D eigenvalue weighted by Gasteiger charge is -2.38. The van der Waals surface area contributed by atoms with Crippen LogP contribution in [0.3, 0.4) is 0 Å². The van der Waals surface area contributed by atoms with E-state index < -0.39 is 23.7 Å². The molecule has 2 aromatic rings. The average Bonchev–Trinajstić information content (AvgIpc) is 2.90. The molecule has 9 heteroatoms. The monoisotopic (exact) mass is 341 g/mol. The molecule has 0 N–H and O–H groups in total. The lowest BCUT2D eigenvalue weighted by molar-refractivity contribution is -0.0568. The van der Waals surface area contributed by atoms with E-state index in [0.717, 1.165) is 12.1 Å². The number of halogens is 3. The maximum Gasteiger partial charge on any atom is 0.266 e. The maximum absolute atomic E-state index is 13.5. The highest BCUT2D eigenvalue weighted by molar-refractivity contribution is 5.94. The van der Waals surface area contributed by atoms with Gasteiger partial charge in [-0.15, -0.1) is 0 Å². The highest BCUT2D eigenvalue weighted by Gasteiger charge is 2.32. The molecule has 1 aliphatic rings. The van der Waals surface area contributed by atoms with Gasteiger partial charge in [0, 0.05) is 18.7 Å². The fraction of sp³-hybridized carbons (Fsp3) is 0.400. The third-order valence-corrected chi connectivity index (χ3v) is 3.63. The van der Waals surface area contributed by atoms with Crippen LogP contribution >= 0.6 is 0 Å². The molecule has 6 nitrogen and oxygen atoms in total. The van der Waals surface area contributed by atoms with E-state index in [4.69, 9.17) is 9.26 Å². The summed E-state index contributed by atoms with van der Waals surface area (Å²) in [5.41, 5.74) is -0.686. The van der Waals surface area contributed by atoms with Crippen molar-refractivity contribution in [2.75, 3.05) is 13.1 Å². The van der Waals surface area contributed by atoms with Gasteiger partial charge in [0.25, 0.3) is 18.2 Å². The molecule has 0 unspecified atom stereocenters. The fourth-order valence-corrected chi connectivity index (χ4v) is 2.32. The van der Waals surface area contributed by atoms with Crippen molar-refractivity contribution in [3.05, 3.63) is 46.9 Å². The molecule has 0 bridgehead atoms.